The van der Waals surface area contributed by atoms with Gasteiger partial charge in [-0.05, 0) is 37.0 Å². The number of allylic oxidation sites excluding steroid dienone is 2. The van der Waals surface area contributed by atoms with Gasteiger partial charge in [-0.2, -0.15) is 0 Å². The molecule has 0 atom stereocenters. The Balaban J connectivity index is 2.20. The van der Waals surface area contributed by atoms with E-state index in [0.29, 0.717) is 12.0 Å². The van der Waals surface area contributed by atoms with Crippen LogP contribution < -0.4 is 0 Å². The second kappa shape index (κ2) is 5.63. The lowest BCUT2D eigenvalue weighted by Crippen LogP contribution is -2.17. The van der Waals surface area contributed by atoms with Crippen molar-refractivity contribution in [3.63, 3.8) is 0 Å². The Labute approximate surface area is 106 Å². The monoisotopic (exact) mass is 244 g/mol. The zero-order valence-electron chi connectivity index (χ0n) is 10.4. The van der Waals surface area contributed by atoms with Gasteiger partial charge in [0.1, 0.15) is 0 Å². The number of carbonyl (C=O) groups is 2. The summed E-state index contributed by atoms with van der Waals surface area (Å²) < 4.78 is 5.28. The second-order valence-electron chi connectivity index (χ2n) is 4.32. The molecule has 1 aromatic carbocycles. The normalized spacial score (nSPS) is 15.7. The van der Waals surface area contributed by atoms with Crippen LogP contribution in [-0.2, 0) is 9.53 Å². The number of hydrogen-bond acceptors (Lipinski definition) is 3. The number of ketones is 1. The topological polar surface area (TPSA) is 43.4 Å². The Morgan fingerprint density at radius 1 is 1.22 bits per heavy atom. The predicted octanol–water partition coefficient (Wildman–Crippen LogP) is 3.26. The minimum atomic E-state index is -0.452. The van der Waals surface area contributed by atoms with Crippen molar-refractivity contribution in [1.29, 1.82) is 0 Å². The molecule has 3 heteroatoms. The lowest BCUT2D eigenvalue weighted by molar-refractivity contribution is -0.118. The maximum Gasteiger partial charge on any atom is 0.343 e. The summed E-state index contributed by atoms with van der Waals surface area (Å²) in [7, 11) is 0. The lowest BCUT2D eigenvalue weighted by Gasteiger charge is -2.17. The molecule has 0 radical (unpaired) electrons. The highest BCUT2D eigenvalue weighted by atomic mass is 16.5. The SMILES string of the molecule is CCC1=C(OC(=O)c2ccccc2)C(=O)CCC1. The van der Waals surface area contributed by atoms with Gasteiger partial charge in [-0.15, -0.1) is 0 Å². The lowest BCUT2D eigenvalue weighted by atomic mass is 9.95. The average Bonchev–Trinajstić information content (AvgIpc) is 2.42. The quantitative estimate of drug-likeness (QED) is 0.766. The summed E-state index contributed by atoms with van der Waals surface area (Å²) in [6.07, 6.45) is 2.93. The van der Waals surface area contributed by atoms with Crippen molar-refractivity contribution < 1.29 is 14.3 Å². The van der Waals surface area contributed by atoms with E-state index in [1.807, 2.05) is 13.0 Å². The summed E-state index contributed by atoms with van der Waals surface area (Å²) in [6, 6.07) is 8.74. The first-order valence-corrected chi connectivity index (χ1v) is 6.24. The van der Waals surface area contributed by atoms with E-state index in [2.05, 4.69) is 0 Å². The molecule has 0 fully saturated rings. The highest BCUT2D eigenvalue weighted by molar-refractivity contribution is 5.99. The maximum absolute atomic E-state index is 11.9. The van der Waals surface area contributed by atoms with Gasteiger partial charge in [-0.3, -0.25) is 4.79 Å². The van der Waals surface area contributed by atoms with E-state index in [1.54, 1.807) is 24.3 Å². The molecule has 94 valence electrons. The molecule has 18 heavy (non-hydrogen) atoms. The Kier molecular flexibility index (Phi) is 3.92. The van der Waals surface area contributed by atoms with E-state index in [1.165, 1.54) is 0 Å². The molecule has 2 rings (SSSR count). The fourth-order valence-electron chi connectivity index (χ4n) is 2.08. The summed E-state index contributed by atoms with van der Waals surface area (Å²) >= 11 is 0. The summed E-state index contributed by atoms with van der Waals surface area (Å²) in [5.41, 5.74) is 1.43. The summed E-state index contributed by atoms with van der Waals surface area (Å²) in [4.78, 5) is 23.7. The number of Topliss-reactive ketones (excluding diaryl/α,β-unsaturated/α-hetero) is 1. The van der Waals surface area contributed by atoms with Gasteiger partial charge >= 0.3 is 5.97 Å². The zero-order chi connectivity index (χ0) is 13.0. The first-order valence-electron chi connectivity index (χ1n) is 6.24. The van der Waals surface area contributed by atoms with E-state index in [9.17, 15) is 9.59 Å². The van der Waals surface area contributed by atoms with E-state index < -0.39 is 5.97 Å². The number of esters is 1. The molecule has 0 saturated heterocycles. The molecular formula is C15H16O3. The molecule has 0 amide bonds. The van der Waals surface area contributed by atoms with E-state index in [4.69, 9.17) is 4.74 Å². The van der Waals surface area contributed by atoms with Crippen LogP contribution in [0, 0.1) is 0 Å². The minimum Gasteiger partial charge on any atom is -0.419 e. The average molecular weight is 244 g/mol. The number of benzene rings is 1. The summed E-state index contributed by atoms with van der Waals surface area (Å²) in [5, 5.41) is 0. The second-order valence-corrected chi connectivity index (χ2v) is 4.32. The molecule has 1 aliphatic carbocycles. The van der Waals surface area contributed by atoms with Crippen LogP contribution in [0.15, 0.2) is 41.7 Å². The molecule has 0 aliphatic heterocycles. The third kappa shape index (κ3) is 2.67. The third-order valence-corrected chi connectivity index (χ3v) is 3.09. The van der Waals surface area contributed by atoms with Crippen molar-refractivity contribution in [2.24, 2.45) is 0 Å². The molecular weight excluding hydrogens is 228 g/mol. The molecule has 0 N–H and O–H groups in total. The van der Waals surface area contributed by atoms with Gasteiger partial charge in [0, 0.05) is 6.42 Å². The fourth-order valence-corrected chi connectivity index (χ4v) is 2.08. The van der Waals surface area contributed by atoms with Gasteiger partial charge in [0.2, 0.25) is 0 Å². The van der Waals surface area contributed by atoms with Crippen molar-refractivity contribution >= 4 is 11.8 Å². The zero-order valence-corrected chi connectivity index (χ0v) is 10.4. The molecule has 0 aromatic heterocycles. The first-order chi connectivity index (χ1) is 8.72. The number of ether oxygens (including phenoxy) is 1. The Bertz CT molecular complexity index is 486. The van der Waals surface area contributed by atoms with Gasteiger partial charge in [0.25, 0.3) is 0 Å². The number of carbonyl (C=O) groups excluding carboxylic acids is 2. The number of rotatable bonds is 3. The summed E-state index contributed by atoms with van der Waals surface area (Å²) in [6.45, 7) is 1.98. The van der Waals surface area contributed by atoms with Crippen molar-refractivity contribution in [2.45, 2.75) is 32.6 Å². The minimum absolute atomic E-state index is 0.0534. The Hall–Kier alpha value is -1.90. The van der Waals surface area contributed by atoms with Crippen molar-refractivity contribution in [3.05, 3.63) is 47.2 Å². The highest BCUT2D eigenvalue weighted by Gasteiger charge is 2.23. The largest absolute Gasteiger partial charge is 0.419 e. The van der Waals surface area contributed by atoms with Gasteiger partial charge in [0.15, 0.2) is 11.5 Å². The Morgan fingerprint density at radius 2 is 1.94 bits per heavy atom. The molecule has 3 nitrogen and oxygen atoms in total. The molecule has 0 unspecified atom stereocenters. The van der Waals surface area contributed by atoms with Crippen LogP contribution >= 0.6 is 0 Å². The standard InChI is InChI=1S/C15H16O3/c1-2-11-9-6-10-13(16)14(11)18-15(17)12-7-4-3-5-8-12/h3-5,7-8H,2,6,9-10H2,1H3. The third-order valence-electron chi connectivity index (χ3n) is 3.09. The Morgan fingerprint density at radius 3 is 2.61 bits per heavy atom. The van der Waals surface area contributed by atoms with Crippen LogP contribution in [0.25, 0.3) is 0 Å². The molecule has 1 aromatic rings. The van der Waals surface area contributed by atoms with E-state index >= 15 is 0 Å². The first kappa shape index (κ1) is 12.6. The van der Waals surface area contributed by atoms with Crippen LogP contribution in [0.3, 0.4) is 0 Å². The van der Waals surface area contributed by atoms with Gasteiger partial charge in [-0.25, -0.2) is 4.79 Å². The van der Waals surface area contributed by atoms with Crippen LogP contribution in [0.1, 0.15) is 43.0 Å². The van der Waals surface area contributed by atoms with Gasteiger partial charge < -0.3 is 4.74 Å². The molecule has 0 spiro atoms. The van der Waals surface area contributed by atoms with Crippen molar-refractivity contribution in [2.75, 3.05) is 0 Å². The van der Waals surface area contributed by atoms with E-state index in [0.717, 1.165) is 24.8 Å². The van der Waals surface area contributed by atoms with Gasteiger partial charge in [-0.1, -0.05) is 25.1 Å². The molecule has 0 saturated carbocycles. The number of hydrogen-bond donors (Lipinski definition) is 0. The van der Waals surface area contributed by atoms with Crippen LogP contribution in [0.4, 0.5) is 0 Å². The summed E-state index contributed by atoms with van der Waals surface area (Å²) in [5.74, 6) is -0.230. The van der Waals surface area contributed by atoms with Crippen LogP contribution in [0.2, 0.25) is 0 Å². The molecule has 0 heterocycles. The molecule has 1 aliphatic rings. The fraction of sp³-hybridized carbons (Fsp3) is 0.333. The van der Waals surface area contributed by atoms with Crippen LogP contribution in [-0.4, -0.2) is 11.8 Å². The maximum atomic E-state index is 11.9. The van der Waals surface area contributed by atoms with Crippen LogP contribution in [0.5, 0.6) is 0 Å². The van der Waals surface area contributed by atoms with E-state index in [-0.39, 0.29) is 11.5 Å². The van der Waals surface area contributed by atoms with Gasteiger partial charge in [0.05, 0.1) is 5.56 Å². The molecule has 0 bridgehead atoms. The van der Waals surface area contributed by atoms with Crippen molar-refractivity contribution in [1.82, 2.24) is 0 Å². The predicted molar refractivity (Wildman–Crippen MR) is 68.0 cm³/mol. The van der Waals surface area contributed by atoms with Crippen molar-refractivity contribution in [3.8, 4) is 0 Å². The highest BCUT2D eigenvalue weighted by Crippen LogP contribution is 2.25. The smallest absolute Gasteiger partial charge is 0.343 e.